The van der Waals surface area contributed by atoms with E-state index in [4.69, 9.17) is 9.84 Å². The van der Waals surface area contributed by atoms with Crippen molar-refractivity contribution in [1.82, 2.24) is 14.7 Å². The highest BCUT2D eigenvalue weighted by molar-refractivity contribution is 5.43. The molecule has 0 aliphatic heterocycles. The lowest BCUT2D eigenvalue weighted by Crippen LogP contribution is -2.33. The maximum absolute atomic E-state index is 10.0. The average molecular weight is 408 g/mol. The number of aliphatic hydroxyl groups is 1. The van der Waals surface area contributed by atoms with Crippen molar-refractivity contribution in [1.29, 1.82) is 0 Å². The Balaban J connectivity index is 2.06. The zero-order valence-electron chi connectivity index (χ0n) is 18.5. The Morgan fingerprint density at radius 1 is 0.967 bits per heavy atom. The Morgan fingerprint density at radius 2 is 1.60 bits per heavy atom. The van der Waals surface area contributed by atoms with Crippen LogP contribution in [0.15, 0.2) is 60.7 Å². The maximum Gasteiger partial charge on any atom is 0.227 e. The number of benzene rings is 2. The molecular formula is C25H33N3O2. The van der Waals surface area contributed by atoms with Crippen LogP contribution in [0.1, 0.15) is 39.0 Å². The van der Waals surface area contributed by atoms with Gasteiger partial charge in [0.05, 0.1) is 23.0 Å². The first-order valence-corrected chi connectivity index (χ1v) is 10.8. The van der Waals surface area contributed by atoms with Gasteiger partial charge in [0.25, 0.3) is 0 Å². The second-order valence-corrected chi connectivity index (χ2v) is 8.18. The largest absolute Gasteiger partial charge is 0.439 e. The van der Waals surface area contributed by atoms with Gasteiger partial charge in [0, 0.05) is 19.6 Å². The Bertz CT molecular complexity index is 895. The highest BCUT2D eigenvalue weighted by Crippen LogP contribution is 2.32. The second kappa shape index (κ2) is 10.4. The van der Waals surface area contributed by atoms with Crippen LogP contribution in [0.3, 0.4) is 0 Å². The first-order chi connectivity index (χ1) is 14.5. The minimum Gasteiger partial charge on any atom is -0.439 e. The third kappa shape index (κ3) is 5.71. The highest BCUT2D eigenvalue weighted by atomic mass is 16.5. The van der Waals surface area contributed by atoms with Gasteiger partial charge in [0.2, 0.25) is 5.88 Å². The van der Waals surface area contributed by atoms with Crippen molar-refractivity contribution in [3.05, 3.63) is 71.9 Å². The van der Waals surface area contributed by atoms with Crippen molar-refractivity contribution in [3.8, 4) is 17.3 Å². The van der Waals surface area contributed by atoms with Crippen LogP contribution in [0.4, 0.5) is 0 Å². The van der Waals surface area contributed by atoms with E-state index in [-0.39, 0.29) is 0 Å². The van der Waals surface area contributed by atoms with E-state index in [1.165, 1.54) is 0 Å². The smallest absolute Gasteiger partial charge is 0.227 e. The SMILES string of the molecule is CCc1nn(-c2ccccc2)c(Oc2ccccc2)c1CN(CC(C)C)C[C@@H](C)O. The number of hydrogen-bond donors (Lipinski definition) is 1. The zero-order chi connectivity index (χ0) is 21.5. The Kier molecular flexibility index (Phi) is 7.66. The van der Waals surface area contributed by atoms with E-state index in [0.29, 0.717) is 19.0 Å². The van der Waals surface area contributed by atoms with E-state index in [2.05, 4.69) is 25.7 Å². The summed E-state index contributed by atoms with van der Waals surface area (Å²) in [6.07, 6.45) is 0.418. The molecule has 1 heterocycles. The molecule has 5 nitrogen and oxygen atoms in total. The van der Waals surface area contributed by atoms with Crippen LogP contribution in [0.2, 0.25) is 0 Å². The Hall–Kier alpha value is -2.63. The quantitative estimate of drug-likeness (QED) is 0.510. The molecule has 1 atom stereocenters. The molecule has 0 saturated carbocycles. The zero-order valence-corrected chi connectivity index (χ0v) is 18.5. The summed E-state index contributed by atoms with van der Waals surface area (Å²) in [6.45, 7) is 10.5. The number of ether oxygens (including phenoxy) is 1. The van der Waals surface area contributed by atoms with Gasteiger partial charge in [-0.25, -0.2) is 4.68 Å². The van der Waals surface area contributed by atoms with Gasteiger partial charge in [-0.05, 0) is 43.5 Å². The van der Waals surface area contributed by atoms with Gasteiger partial charge < -0.3 is 9.84 Å². The number of aliphatic hydroxyl groups excluding tert-OH is 1. The van der Waals surface area contributed by atoms with E-state index in [9.17, 15) is 5.11 Å². The van der Waals surface area contributed by atoms with Crippen LogP contribution >= 0.6 is 0 Å². The number of aromatic nitrogens is 2. The van der Waals surface area contributed by atoms with Gasteiger partial charge in [0.15, 0.2) is 0 Å². The second-order valence-electron chi connectivity index (χ2n) is 8.18. The van der Waals surface area contributed by atoms with Gasteiger partial charge in [-0.2, -0.15) is 5.10 Å². The minimum absolute atomic E-state index is 0.392. The Morgan fingerprint density at radius 3 is 2.17 bits per heavy atom. The first kappa shape index (κ1) is 22.1. The number of rotatable bonds is 10. The Labute approximate surface area is 179 Å². The van der Waals surface area contributed by atoms with Crippen LogP contribution in [0.5, 0.6) is 11.6 Å². The van der Waals surface area contributed by atoms with Gasteiger partial charge >= 0.3 is 0 Å². The van der Waals surface area contributed by atoms with E-state index >= 15 is 0 Å². The molecule has 0 amide bonds. The van der Waals surface area contributed by atoms with Crippen LogP contribution in [0, 0.1) is 5.92 Å². The monoisotopic (exact) mass is 407 g/mol. The molecule has 0 fully saturated rings. The van der Waals surface area contributed by atoms with Crippen molar-refractivity contribution in [3.63, 3.8) is 0 Å². The average Bonchev–Trinajstić information content (AvgIpc) is 3.05. The molecular weight excluding hydrogens is 374 g/mol. The number of hydrogen-bond acceptors (Lipinski definition) is 4. The van der Waals surface area contributed by atoms with E-state index in [0.717, 1.165) is 41.5 Å². The van der Waals surface area contributed by atoms with Crippen LogP contribution in [-0.4, -0.2) is 39.0 Å². The number of para-hydroxylation sites is 2. The fourth-order valence-electron chi connectivity index (χ4n) is 3.69. The molecule has 5 heteroatoms. The summed E-state index contributed by atoms with van der Waals surface area (Å²) < 4.78 is 8.30. The van der Waals surface area contributed by atoms with Crippen molar-refractivity contribution >= 4 is 0 Å². The molecule has 3 aromatic rings. The van der Waals surface area contributed by atoms with Gasteiger partial charge in [0.1, 0.15) is 5.75 Å². The molecule has 1 aromatic heterocycles. The van der Waals surface area contributed by atoms with Gasteiger partial charge in [-0.3, -0.25) is 4.90 Å². The summed E-state index contributed by atoms with van der Waals surface area (Å²) in [5.41, 5.74) is 3.06. The summed E-state index contributed by atoms with van der Waals surface area (Å²) in [6, 6.07) is 19.9. The normalized spacial score (nSPS) is 12.5. The summed E-state index contributed by atoms with van der Waals surface area (Å²) in [5, 5.41) is 14.9. The highest BCUT2D eigenvalue weighted by Gasteiger charge is 2.23. The van der Waals surface area contributed by atoms with Crippen LogP contribution in [-0.2, 0) is 13.0 Å². The van der Waals surface area contributed by atoms with Gasteiger partial charge in [-0.15, -0.1) is 0 Å². The fourth-order valence-corrected chi connectivity index (χ4v) is 3.69. The summed E-state index contributed by atoms with van der Waals surface area (Å²) >= 11 is 0. The molecule has 2 aromatic carbocycles. The lowest BCUT2D eigenvalue weighted by molar-refractivity contribution is 0.114. The molecule has 0 aliphatic carbocycles. The first-order valence-electron chi connectivity index (χ1n) is 10.8. The molecule has 0 saturated heterocycles. The molecule has 0 spiro atoms. The standard InChI is InChI=1S/C25H33N3O2/c1-5-24-23(18-27(16-19(2)3)17-20(4)29)25(30-22-14-10-7-11-15-22)28(26-24)21-12-8-6-9-13-21/h6-15,19-20,29H,5,16-18H2,1-4H3/t20-/m1/s1. The van der Waals surface area contributed by atoms with E-state index in [1.807, 2.05) is 72.3 Å². The third-order valence-corrected chi connectivity index (χ3v) is 4.84. The molecule has 0 unspecified atom stereocenters. The molecule has 3 rings (SSSR count). The van der Waals surface area contributed by atoms with Gasteiger partial charge in [-0.1, -0.05) is 57.2 Å². The molecule has 0 aliphatic rings. The van der Waals surface area contributed by atoms with Crippen LogP contribution in [0.25, 0.3) is 5.69 Å². The van der Waals surface area contributed by atoms with Crippen LogP contribution < -0.4 is 4.74 Å². The van der Waals surface area contributed by atoms with E-state index in [1.54, 1.807) is 0 Å². The maximum atomic E-state index is 10.0. The van der Waals surface area contributed by atoms with Crippen molar-refractivity contribution in [2.75, 3.05) is 13.1 Å². The van der Waals surface area contributed by atoms with Crippen molar-refractivity contribution in [2.24, 2.45) is 5.92 Å². The lowest BCUT2D eigenvalue weighted by atomic mass is 10.1. The molecule has 0 radical (unpaired) electrons. The van der Waals surface area contributed by atoms with Crippen molar-refractivity contribution < 1.29 is 9.84 Å². The fraction of sp³-hybridized carbons (Fsp3) is 0.400. The molecule has 1 N–H and O–H groups in total. The number of aryl methyl sites for hydroxylation is 1. The van der Waals surface area contributed by atoms with E-state index < -0.39 is 6.10 Å². The molecule has 30 heavy (non-hydrogen) atoms. The lowest BCUT2D eigenvalue weighted by Gasteiger charge is -2.26. The summed E-state index contributed by atoms with van der Waals surface area (Å²) in [4.78, 5) is 2.29. The number of nitrogens with zero attached hydrogens (tertiary/aromatic N) is 3. The predicted molar refractivity (Wildman–Crippen MR) is 121 cm³/mol. The van der Waals surface area contributed by atoms with Crippen molar-refractivity contribution in [2.45, 2.75) is 46.8 Å². The topological polar surface area (TPSA) is 50.5 Å². The predicted octanol–water partition coefficient (Wildman–Crippen LogP) is 5.07. The summed E-state index contributed by atoms with van der Waals surface area (Å²) in [5.74, 6) is 2.02. The third-order valence-electron chi connectivity index (χ3n) is 4.84. The molecule has 0 bridgehead atoms. The summed E-state index contributed by atoms with van der Waals surface area (Å²) in [7, 11) is 0. The molecule has 160 valence electrons. The minimum atomic E-state index is -0.392.